The summed E-state index contributed by atoms with van der Waals surface area (Å²) in [5.41, 5.74) is 0.229. The molecule has 0 saturated heterocycles. The zero-order valence-corrected chi connectivity index (χ0v) is 19.0. The summed E-state index contributed by atoms with van der Waals surface area (Å²) in [6.07, 6.45) is 0.249. The van der Waals surface area contributed by atoms with Crippen molar-refractivity contribution in [3.05, 3.63) is 68.3 Å². The lowest BCUT2D eigenvalue weighted by atomic mass is 9.96. The fraction of sp³-hybridized carbons (Fsp3) is 0.208. The summed E-state index contributed by atoms with van der Waals surface area (Å²) in [6.45, 7) is 0. The highest BCUT2D eigenvalue weighted by molar-refractivity contribution is 7.16. The fourth-order valence-corrected chi connectivity index (χ4v) is 5.14. The van der Waals surface area contributed by atoms with Crippen LogP contribution in [0.4, 0.5) is 18.2 Å². The van der Waals surface area contributed by atoms with E-state index < -0.39 is 17.6 Å². The van der Waals surface area contributed by atoms with Crippen LogP contribution in [0.3, 0.4) is 0 Å². The van der Waals surface area contributed by atoms with Gasteiger partial charge < -0.3 is 9.73 Å². The number of furan rings is 1. The summed E-state index contributed by atoms with van der Waals surface area (Å²) in [5, 5.41) is 22.1. The smallest absolute Gasteiger partial charge is 0.416 e. The number of hydrogen-bond donors (Lipinski definition) is 1. The van der Waals surface area contributed by atoms with E-state index in [2.05, 4.69) is 11.4 Å². The molecule has 4 rings (SSSR count). The van der Waals surface area contributed by atoms with Crippen molar-refractivity contribution < 1.29 is 22.4 Å². The molecule has 0 fully saturated rings. The topological polar surface area (TPSA) is 89.8 Å². The first-order valence-corrected chi connectivity index (χ1v) is 11.4. The molecule has 3 aromatic rings. The molecule has 2 aromatic heterocycles. The number of alkyl halides is 3. The molecule has 0 spiro atoms. The van der Waals surface area contributed by atoms with E-state index in [0.717, 1.165) is 54.3 Å². The molecule has 34 heavy (non-hydrogen) atoms. The molecule has 5 nitrogen and oxygen atoms in total. The van der Waals surface area contributed by atoms with Gasteiger partial charge in [0.15, 0.2) is 0 Å². The van der Waals surface area contributed by atoms with Crippen LogP contribution in [0.5, 0.6) is 0 Å². The quantitative estimate of drug-likeness (QED) is 0.308. The predicted molar refractivity (Wildman–Crippen MR) is 122 cm³/mol. The lowest BCUT2D eigenvalue weighted by molar-refractivity contribution is -0.137. The Morgan fingerprint density at radius 3 is 2.65 bits per heavy atom. The molecule has 0 atom stereocenters. The van der Waals surface area contributed by atoms with Crippen LogP contribution < -0.4 is 5.32 Å². The molecule has 0 aliphatic heterocycles. The highest BCUT2D eigenvalue weighted by Crippen LogP contribution is 2.38. The van der Waals surface area contributed by atoms with Crippen molar-refractivity contribution in [2.45, 2.75) is 31.9 Å². The van der Waals surface area contributed by atoms with Crippen LogP contribution in [0.25, 0.3) is 17.4 Å². The Kier molecular flexibility index (Phi) is 6.52. The zero-order chi connectivity index (χ0) is 24.5. The summed E-state index contributed by atoms with van der Waals surface area (Å²) in [5.74, 6) is -0.577. The lowest BCUT2D eigenvalue weighted by Crippen LogP contribution is -2.13. The molecule has 1 aliphatic carbocycles. The van der Waals surface area contributed by atoms with Gasteiger partial charge in [-0.05, 0) is 61.6 Å². The number of thiophene rings is 1. The van der Waals surface area contributed by atoms with Crippen molar-refractivity contribution in [3.63, 3.8) is 0 Å². The van der Waals surface area contributed by atoms with Crippen LogP contribution in [-0.4, -0.2) is 5.91 Å². The number of rotatable bonds is 4. The molecule has 10 heteroatoms. The van der Waals surface area contributed by atoms with Crippen molar-refractivity contribution in [1.82, 2.24) is 0 Å². The van der Waals surface area contributed by atoms with Crippen molar-refractivity contribution in [1.29, 1.82) is 10.5 Å². The van der Waals surface area contributed by atoms with E-state index in [0.29, 0.717) is 10.6 Å². The average Bonchev–Trinajstić information content (AvgIpc) is 3.40. The summed E-state index contributed by atoms with van der Waals surface area (Å²) < 4.78 is 44.7. The Morgan fingerprint density at radius 1 is 1.18 bits per heavy atom. The number of halogens is 4. The molecule has 1 aliphatic rings. The molecule has 1 amide bonds. The van der Waals surface area contributed by atoms with E-state index in [1.165, 1.54) is 29.5 Å². The number of aryl methyl sites for hydroxylation is 1. The number of nitrogens with zero attached hydrogens (tertiary/aromatic N) is 2. The van der Waals surface area contributed by atoms with Crippen molar-refractivity contribution in [2.75, 3.05) is 5.32 Å². The highest BCUT2D eigenvalue weighted by atomic mass is 35.5. The van der Waals surface area contributed by atoms with Gasteiger partial charge >= 0.3 is 6.18 Å². The summed E-state index contributed by atoms with van der Waals surface area (Å²) >= 11 is 7.39. The van der Waals surface area contributed by atoms with Gasteiger partial charge in [-0.3, -0.25) is 4.79 Å². The number of hydrogen-bond acceptors (Lipinski definition) is 5. The van der Waals surface area contributed by atoms with Gasteiger partial charge in [-0.2, -0.15) is 23.7 Å². The first-order valence-electron chi connectivity index (χ1n) is 10.2. The maximum atomic E-state index is 13.1. The van der Waals surface area contributed by atoms with Gasteiger partial charge in [-0.25, -0.2) is 0 Å². The number of carbonyl (C=O) groups excluding carboxylic acids is 1. The molecular weight excluding hydrogens is 487 g/mol. The van der Waals surface area contributed by atoms with E-state index in [4.69, 9.17) is 16.0 Å². The third-order valence-corrected chi connectivity index (χ3v) is 6.88. The van der Waals surface area contributed by atoms with E-state index >= 15 is 0 Å². The summed E-state index contributed by atoms with van der Waals surface area (Å²) in [6, 6.07) is 9.62. The average molecular weight is 502 g/mol. The van der Waals surface area contributed by atoms with E-state index in [9.17, 15) is 28.5 Å². The molecule has 0 saturated carbocycles. The normalized spacial score (nSPS) is 13.6. The van der Waals surface area contributed by atoms with E-state index in [1.54, 1.807) is 6.07 Å². The van der Waals surface area contributed by atoms with Crippen LogP contribution in [0.15, 0.2) is 40.3 Å². The number of benzene rings is 1. The molecule has 1 aromatic carbocycles. The first-order chi connectivity index (χ1) is 16.2. The second-order valence-corrected chi connectivity index (χ2v) is 9.06. The lowest BCUT2D eigenvalue weighted by Gasteiger charge is -2.09. The Morgan fingerprint density at radius 2 is 1.94 bits per heavy atom. The number of nitrogens with one attached hydrogen (secondary N) is 1. The van der Waals surface area contributed by atoms with Gasteiger partial charge in [0.1, 0.15) is 34.2 Å². The minimum atomic E-state index is -4.55. The minimum Gasteiger partial charge on any atom is -0.457 e. The van der Waals surface area contributed by atoms with E-state index in [-0.39, 0.29) is 27.7 Å². The predicted octanol–water partition coefficient (Wildman–Crippen LogP) is 6.98. The van der Waals surface area contributed by atoms with Crippen LogP contribution in [0.1, 0.15) is 40.2 Å². The van der Waals surface area contributed by atoms with Gasteiger partial charge in [-0.1, -0.05) is 11.6 Å². The van der Waals surface area contributed by atoms with Crippen molar-refractivity contribution in [2.24, 2.45) is 0 Å². The largest absolute Gasteiger partial charge is 0.457 e. The van der Waals surface area contributed by atoms with Gasteiger partial charge in [0, 0.05) is 16.5 Å². The maximum Gasteiger partial charge on any atom is 0.416 e. The molecule has 172 valence electrons. The monoisotopic (exact) mass is 501 g/mol. The Labute approximate surface area is 201 Å². The molecule has 1 N–H and O–H groups in total. The highest BCUT2D eigenvalue weighted by Gasteiger charge is 2.31. The van der Waals surface area contributed by atoms with Gasteiger partial charge in [0.2, 0.25) is 0 Å². The third kappa shape index (κ3) is 4.72. The number of anilines is 1. The molecule has 2 heterocycles. The second kappa shape index (κ2) is 9.38. The van der Waals surface area contributed by atoms with Crippen LogP contribution in [-0.2, 0) is 23.8 Å². The number of fused-ring (bicyclic) bond motifs is 1. The van der Waals surface area contributed by atoms with Crippen molar-refractivity contribution >= 4 is 39.9 Å². The molecule has 0 unspecified atom stereocenters. The van der Waals surface area contributed by atoms with E-state index in [1.807, 2.05) is 0 Å². The molecular formula is C24H15ClF3N3O2S. The number of nitriles is 2. The Balaban J connectivity index is 1.59. The first kappa shape index (κ1) is 23.6. The standard InChI is InChI=1S/C24H15ClF3N3O2S/c25-19-7-5-14(24(26,27)28)10-17(19)20-8-6-15(33-20)9-13(11-29)22(32)31-23-18(12-30)16-3-1-2-4-21(16)34-23/h5-10H,1-4H2,(H,31,32). The second-order valence-electron chi connectivity index (χ2n) is 7.55. The SMILES string of the molecule is N#CC(=Cc1ccc(-c2cc(C(F)(F)F)ccc2Cl)o1)C(=O)Nc1sc2c(c1C#N)CCCC2. The summed E-state index contributed by atoms with van der Waals surface area (Å²) in [7, 11) is 0. The van der Waals surface area contributed by atoms with Gasteiger partial charge in [-0.15, -0.1) is 11.3 Å². The van der Waals surface area contributed by atoms with Crippen LogP contribution in [0, 0.1) is 22.7 Å². The maximum absolute atomic E-state index is 13.1. The Hall–Kier alpha value is -3.53. The fourth-order valence-electron chi connectivity index (χ4n) is 3.70. The number of amides is 1. The Bertz CT molecular complexity index is 1390. The number of carbonyl (C=O) groups is 1. The summed E-state index contributed by atoms with van der Waals surface area (Å²) in [4.78, 5) is 13.8. The zero-order valence-electron chi connectivity index (χ0n) is 17.4. The van der Waals surface area contributed by atoms with Gasteiger partial charge in [0.05, 0.1) is 16.1 Å². The van der Waals surface area contributed by atoms with Crippen LogP contribution in [0.2, 0.25) is 5.02 Å². The molecule has 0 bridgehead atoms. The van der Waals surface area contributed by atoms with Gasteiger partial charge in [0.25, 0.3) is 5.91 Å². The molecule has 0 radical (unpaired) electrons. The third-order valence-electron chi connectivity index (χ3n) is 5.35. The minimum absolute atomic E-state index is 0.0296. The van der Waals surface area contributed by atoms with Crippen LogP contribution >= 0.6 is 22.9 Å². The van der Waals surface area contributed by atoms with Crippen molar-refractivity contribution in [3.8, 4) is 23.5 Å².